The molecule has 0 saturated carbocycles. The highest BCUT2D eigenvalue weighted by atomic mass is 19.2. The average Bonchev–Trinajstić information content (AvgIpc) is 2.71. The molecule has 5 heteroatoms. The Morgan fingerprint density at radius 2 is 2.16 bits per heavy atom. The van der Waals surface area contributed by atoms with E-state index >= 15 is 0 Å². The van der Waals surface area contributed by atoms with Crippen LogP contribution in [0.4, 0.5) is 8.78 Å². The summed E-state index contributed by atoms with van der Waals surface area (Å²) in [5.41, 5.74) is 1.04. The molecule has 1 unspecified atom stereocenters. The zero-order valence-corrected chi connectivity index (χ0v) is 10.9. The number of fused-ring (bicyclic) bond motifs is 1. The minimum Gasteiger partial charge on any atom is -0.341 e. The Kier molecular flexibility index (Phi) is 3.22. The molecule has 1 aliphatic rings. The fraction of sp³-hybridized carbons (Fsp3) is 0.500. The molecule has 0 spiro atoms. The minimum atomic E-state index is -0.850. The second-order valence-electron chi connectivity index (χ2n) is 5.45. The average molecular weight is 265 g/mol. The maximum absolute atomic E-state index is 13.1. The number of nitrogens with zero attached hydrogens (tertiary/aromatic N) is 2. The van der Waals surface area contributed by atoms with Gasteiger partial charge in [-0.15, -0.1) is 0 Å². The van der Waals surface area contributed by atoms with Crippen LogP contribution < -0.4 is 0 Å². The summed E-state index contributed by atoms with van der Waals surface area (Å²) in [5.74, 6) is -0.214. The summed E-state index contributed by atoms with van der Waals surface area (Å²) in [6.07, 6.45) is 2.47. The first-order valence-corrected chi connectivity index (χ1v) is 6.68. The summed E-state index contributed by atoms with van der Waals surface area (Å²) in [5, 5.41) is 0. The Balaban J connectivity index is 1.81. The summed E-state index contributed by atoms with van der Waals surface area (Å²) in [6, 6.07) is 2.31. The molecule has 1 fully saturated rings. The van der Waals surface area contributed by atoms with Gasteiger partial charge in [-0.2, -0.15) is 0 Å². The van der Waals surface area contributed by atoms with Crippen molar-refractivity contribution in [1.29, 1.82) is 0 Å². The van der Waals surface area contributed by atoms with Gasteiger partial charge in [-0.25, -0.2) is 13.8 Å². The van der Waals surface area contributed by atoms with Crippen LogP contribution in [0.3, 0.4) is 0 Å². The zero-order valence-electron chi connectivity index (χ0n) is 10.9. The van der Waals surface area contributed by atoms with Gasteiger partial charge in [0.1, 0.15) is 5.82 Å². The monoisotopic (exact) mass is 265 g/mol. The van der Waals surface area contributed by atoms with Gasteiger partial charge in [0.25, 0.3) is 0 Å². The van der Waals surface area contributed by atoms with E-state index < -0.39 is 11.6 Å². The maximum atomic E-state index is 13.1. The lowest BCUT2D eigenvalue weighted by atomic mass is 10.0. The molecule has 1 aliphatic heterocycles. The number of rotatable bonds is 2. The molecule has 0 bridgehead atoms. The highest BCUT2D eigenvalue weighted by Crippen LogP contribution is 2.20. The first-order chi connectivity index (χ1) is 9.11. The Labute approximate surface area is 110 Å². The van der Waals surface area contributed by atoms with Crippen molar-refractivity contribution in [2.75, 3.05) is 13.1 Å². The van der Waals surface area contributed by atoms with E-state index in [2.05, 4.69) is 21.8 Å². The predicted molar refractivity (Wildman–Crippen MR) is 69.7 cm³/mol. The molecule has 1 aromatic carbocycles. The van der Waals surface area contributed by atoms with Crippen LogP contribution in [0, 0.1) is 17.6 Å². The number of likely N-dealkylation sites (tertiary alicyclic amines) is 1. The molecule has 3 nitrogen and oxygen atoms in total. The summed E-state index contributed by atoms with van der Waals surface area (Å²) >= 11 is 0. The van der Waals surface area contributed by atoms with E-state index in [1.165, 1.54) is 18.9 Å². The maximum Gasteiger partial charge on any atom is 0.161 e. The van der Waals surface area contributed by atoms with Crippen LogP contribution in [0.5, 0.6) is 0 Å². The van der Waals surface area contributed by atoms with Gasteiger partial charge < -0.3 is 4.98 Å². The number of hydrogen-bond acceptors (Lipinski definition) is 2. The number of nitrogens with one attached hydrogen (secondary N) is 1. The van der Waals surface area contributed by atoms with Crippen LogP contribution in [-0.4, -0.2) is 28.0 Å². The van der Waals surface area contributed by atoms with Gasteiger partial charge >= 0.3 is 0 Å². The Hall–Kier alpha value is -1.49. The van der Waals surface area contributed by atoms with Crippen LogP contribution in [0.1, 0.15) is 25.6 Å². The van der Waals surface area contributed by atoms with Gasteiger partial charge in [0.2, 0.25) is 0 Å². The molecule has 0 amide bonds. The molecule has 3 rings (SSSR count). The summed E-state index contributed by atoms with van der Waals surface area (Å²) in [6.45, 7) is 5.07. The van der Waals surface area contributed by atoms with Gasteiger partial charge in [0.15, 0.2) is 11.6 Å². The van der Waals surface area contributed by atoms with Crippen LogP contribution in [0.25, 0.3) is 11.0 Å². The molecule has 2 heterocycles. The van der Waals surface area contributed by atoms with Crippen molar-refractivity contribution in [2.45, 2.75) is 26.3 Å². The van der Waals surface area contributed by atoms with Gasteiger partial charge in [-0.3, -0.25) is 4.90 Å². The number of halogens is 2. The van der Waals surface area contributed by atoms with E-state index in [4.69, 9.17) is 0 Å². The van der Waals surface area contributed by atoms with Crippen LogP contribution >= 0.6 is 0 Å². The lowest BCUT2D eigenvalue weighted by Crippen LogP contribution is -2.34. The van der Waals surface area contributed by atoms with E-state index in [9.17, 15) is 8.78 Å². The summed E-state index contributed by atoms with van der Waals surface area (Å²) in [7, 11) is 0. The van der Waals surface area contributed by atoms with E-state index in [-0.39, 0.29) is 0 Å². The summed E-state index contributed by atoms with van der Waals surface area (Å²) in [4.78, 5) is 9.73. The quantitative estimate of drug-likeness (QED) is 0.905. The largest absolute Gasteiger partial charge is 0.341 e. The normalized spacial score (nSPS) is 21.1. The van der Waals surface area contributed by atoms with Gasteiger partial charge in [-0.05, 0) is 25.3 Å². The number of aromatic amines is 1. The number of H-pyrrole nitrogens is 1. The lowest BCUT2D eigenvalue weighted by Gasteiger charge is -2.29. The second-order valence-corrected chi connectivity index (χ2v) is 5.45. The Morgan fingerprint density at radius 3 is 2.95 bits per heavy atom. The fourth-order valence-electron chi connectivity index (χ4n) is 2.77. The summed E-state index contributed by atoms with van der Waals surface area (Å²) < 4.78 is 26.3. The standard InChI is InChI=1S/C14H17F2N3/c1-9-3-2-4-19(7-9)8-14-17-12-5-10(15)11(16)6-13(12)18-14/h5-6,9H,2-4,7-8H2,1H3,(H,17,18). The van der Waals surface area contributed by atoms with Crippen molar-refractivity contribution >= 4 is 11.0 Å². The highest BCUT2D eigenvalue weighted by molar-refractivity contribution is 5.75. The van der Waals surface area contributed by atoms with Crippen LogP contribution in [0.2, 0.25) is 0 Å². The molecular weight excluding hydrogens is 248 g/mol. The van der Waals surface area contributed by atoms with Gasteiger partial charge in [0, 0.05) is 18.7 Å². The van der Waals surface area contributed by atoms with Crippen molar-refractivity contribution in [3.8, 4) is 0 Å². The molecule has 1 saturated heterocycles. The predicted octanol–water partition coefficient (Wildman–Crippen LogP) is 3.07. The van der Waals surface area contributed by atoms with E-state index in [0.717, 1.165) is 25.0 Å². The third-order valence-corrected chi connectivity index (χ3v) is 3.69. The van der Waals surface area contributed by atoms with Crippen molar-refractivity contribution in [1.82, 2.24) is 14.9 Å². The Morgan fingerprint density at radius 1 is 1.37 bits per heavy atom. The zero-order chi connectivity index (χ0) is 13.4. The first-order valence-electron chi connectivity index (χ1n) is 6.68. The molecule has 1 N–H and O–H groups in total. The van der Waals surface area contributed by atoms with Crippen LogP contribution in [0.15, 0.2) is 12.1 Å². The van der Waals surface area contributed by atoms with Crippen molar-refractivity contribution in [3.63, 3.8) is 0 Å². The molecule has 19 heavy (non-hydrogen) atoms. The fourth-order valence-corrected chi connectivity index (χ4v) is 2.77. The smallest absolute Gasteiger partial charge is 0.161 e. The Bertz CT molecular complexity index is 555. The molecule has 0 aliphatic carbocycles. The van der Waals surface area contributed by atoms with Gasteiger partial charge in [0.05, 0.1) is 17.6 Å². The van der Waals surface area contributed by atoms with Crippen molar-refractivity contribution in [3.05, 3.63) is 29.6 Å². The topological polar surface area (TPSA) is 31.9 Å². The van der Waals surface area contributed by atoms with Crippen LogP contribution in [-0.2, 0) is 6.54 Å². The number of benzene rings is 1. The minimum absolute atomic E-state index is 0.485. The first kappa shape index (κ1) is 12.5. The number of piperidine rings is 1. The SMILES string of the molecule is CC1CCCN(Cc2nc3cc(F)c(F)cc3[nH]2)C1. The second kappa shape index (κ2) is 4.89. The van der Waals surface area contributed by atoms with E-state index in [1.807, 2.05) is 0 Å². The van der Waals surface area contributed by atoms with E-state index in [1.54, 1.807) is 0 Å². The van der Waals surface area contributed by atoms with Gasteiger partial charge in [-0.1, -0.05) is 6.92 Å². The van der Waals surface area contributed by atoms with Crippen molar-refractivity contribution in [2.24, 2.45) is 5.92 Å². The number of imidazole rings is 1. The number of aromatic nitrogens is 2. The molecule has 102 valence electrons. The molecule has 1 atom stereocenters. The molecule has 0 radical (unpaired) electrons. The number of hydrogen-bond donors (Lipinski definition) is 1. The van der Waals surface area contributed by atoms with E-state index in [0.29, 0.717) is 23.5 Å². The van der Waals surface area contributed by atoms with Crippen molar-refractivity contribution < 1.29 is 8.78 Å². The lowest BCUT2D eigenvalue weighted by molar-refractivity contribution is 0.173. The third-order valence-electron chi connectivity index (χ3n) is 3.69. The molecular formula is C14H17F2N3. The molecule has 1 aromatic heterocycles. The third kappa shape index (κ3) is 2.61. The highest BCUT2D eigenvalue weighted by Gasteiger charge is 2.18. The molecule has 2 aromatic rings.